The van der Waals surface area contributed by atoms with Crippen LogP contribution in [0.4, 0.5) is 5.69 Å². The average molecular weight is 225 g/mol. The third-order valence-electron chi connectivity index (χ3n) is 2.65. The van der Waals surface area contributed by atoms with Crippen LogP contribution in [0.2, 0.25) is 5.02 Å². The van der Waals surface area contributed by atoms with Crippen molar-refractivity contribution in [3.8, 4) is 0 Å². The summed E-state index contributed by atoms with van der Waals surface area (Å²) < 4.78 is 0. The summed E-state index contributed by atoms with van der Waals surface area (Å²) >= 11 is 5.89. The first-order chi connectivity index (χ1) is 7.20. The van der Waals surface area contributed by atoms with Gasteiger partial charge in [-0.15, -0.1) is 0 Å². The molecular formula is C11H13ClN2O. The molecule has 0 aliphatic carbocycles. The lowest BCUT2D eigenvalue weighted by atomic mass is 10.3. The highest BCUT2D eigenvalue weighted by Gasteiger charge is 2.29. The molecule has 1 aromatic rings. The van der Waals surface area contributed by atoms with Gasteiger partial charge in [0.1, 0.15) is 0 Å². The lowest BCUT2D eigenvalue weighted by molar-refractivity contribution is -0.117. The Hall–Kier alpha value is -1.06. The van der Waals surface area contributed by atoms with Crippen molar-refractivity contribution in [1.82, 2.24) is 5.32 Å². The molecule has 2 rings (SSSR count). The zero-order chi connectivity index (χ0) is 10.8. The molecule has 1 fully saturated rings. The molecule has 1 heterocycles. The summed E-state index contributed by atoms with van der Waals surface area (Å²) in [5.41, 5.74) is 0.880. The van der Waals surface area contributed by atoms with Crippen molar-refractivity contribution in [2.24, 2.45) is 0 Å². The Kier molecular flexibility index (Phi) is 2.93. The van der Waals surface area contributed by atoms with Crippen LogP contribution in [0.15, 0.2) is 24.3 Å². The molecule has 4 heteroatoms. The van der Waals surface area contributed by atoms with Crippen LogP contribution in [0, 0.1) is 0 Å². The van der Waals surface area contributed by atoms with E-state index in [0.29, 0.717) is 11.4 Å². The second kappa shape index (κ2) is 4.21. The van der Waals surface area contributed by atoms with Gasteiger partial charge in [0.15, 0.2) is 0 Å². The van der Waals surface area contributed by atoms with Crippen LogP contribution >= 0.6 is 11.6 Å². The largest absolute Gasteiger partial charge is 0.315 e. The SMILES string of the molecule is CN[C@H]1CC(=O)N(c2cccc(Cl)c2)C1. The number of amides is 1. The van der Waals surface area contributed by atoms with Gasteiger partial charge in [-0.3, -0.25) is 4.79 Å². The number of carbonyl (C=O) groups is 1. The normalized spacial score (nSPS) is 21.1. The lowest BCUT2D eigenvalue weighted by Crippen LogP contribution is -2.30. The van der Waals surface area contributed by atoms with Gasteiger partial charge in [0.25, 0.3) is 0 Å². The number of anilines is 1. The van der Waals surface area contributed by atoms with Crippen molar-refractivity contribution in [1.29, 1.82) is 0 Å². The fraction of sp³-hybridized carbons (Fsp3) is 0.364. The van der Waals surface area contributed by atoms with Crippen molar-refractivity contribution < 1.29 is 4.79 Å². The molecule has 1 aliphatic rings. The van der Waals surface area contributed by atoms with E-state index in [4.69, 9.17) is 11.6 Å². The number of hydrogen-bond acceptors (Lipinski definition) is 2. The van der Waals surface area contributed by atoms with Crippen LogP contribution in [-0.2, 0) is 4.79 Å². The molecule has 1 saturated heterocycles. The second-order valence-electron chi connectivity index (χ2n) is 3.67. The van der Waals surface area contributed by atoms with Gasteiger partial charge in [-0.25, -0.2) is 0 Å². The van der Waals surface area contributed by atoms with Gasteiger partial charge in [0.05, 0.1) is 0 Å². The van der Waals surface area contributed by atoms with Gasteiger partial charge in [-0.2, -0.15) is 0 Å². The summed E-state index contributed by atoms with van der Waals surface area (Å²) in [7, 11) is 1.87. The van der Waals surface area contributed by atoms with E-state index in [1.54, 1.807) is 11.0 Å². The lowest BCUT2D eigenvalue weighted by Gasteiger charge is -2.16. The van der Waals surface area contributed by atoms with E-state index >= 15 is 0 Å². The van der Waals surface area contributed by atoms with Crippen LogP contribution in [0.1, 0.15) is 6.42 Å². The summed E-state index contributed by atoms with van der Waals surface area (Å²) in [5.74, 6) is 0.150. The van der Waals surface area contributed by atoms with E-state index in [1.165, 1.54) is 0 Å². The molecule has 0 aromatic heterocycles. The van der Waals surface area contributed by atoms with Gasteiger partial charge in [-0.05, 0) is 25.2 Å². The average Bonchev–Trinajstić information content (AvgIpc) is 2.60. The van der Waals surface area contributed by atoms with E-state index in [0.717, 1.165) is 12.2 Å². The van der Waals surface area contributed by atoms with Crippen molar-refractivity contribution >= 4 is 23.2 Å². The fourth-order valence-electron chi connectivity index (χ4n) is 1.79. The summed E-state index contributed by atoms with van der Waals surface area (Å²) in [5, 5.41) is 3.77. The summed E-state index contributed by atoms with van der Waals surface area (Å²) in [6, 6.07) is 7.63. The van der Waals surface area contributed by atoms with Crippen molar-refractivity contribution in [3.63, 3.8) is 0 Å². The van der Waals surface area contributed by atoms with Gasteiger partial charge in [0, 0.05) is 29.7 Å². The maximum absolute atomic E-state index is 11.7. The number of nitrogens with zero attached hydrogens (tertiary/aromatic N) is 1. The minimum Gasteiger partial charge on any atom is -0.315 e. The summed E-state index contributed by atoms with van der Waals surface area (Å²) in [6.07, 6.45) is 0.559. The number of benzene rings is 1. The molecule has 80 valence electrons. The monoisotopic (exact) mass is 224 g/mol. The highest BCUT2D eigenvalue weighted by Crippen LogP contribution is 2.24. The maximum Gasteiger partial charge on any atom is 0.228 e. The quantitative estimate of drug-likeness (QED) is 0.829. The molecular weight excluding hydrogens is 212 g/mol. The molecule has 15 heavy (non-hydrogen) atoms. The van der Waals surface area contributed by atoms with Crippen LogP contribution in [0.25, 0.3) is 0 Å². The Morgan fingerprint density at radius 1 is 1.53 bits per heavy atom. The predicted molar refractivity (Wildman–Crippen MR) is 61.3 cm³/mol. The first-order valence-corrected chi connectivity index (χ1v) is 5.31. The summed E-state index contributed by atoms with van der Waals surface area (Å²) in [4.78, 5) is 13.5. The summed E-state index contributed by atoms with van der Waals surface area (Å²) in [6.45, 7) is 0.718. The van der Waals surface area contributed by atoms with E-state index in [1.807, 2.05) is 25.2 Å². The topological polar surface area (TPSA) is 32.3 Å². The molecule has 0 radical (unpaired) electrons. The van der Waals surface area contributed by atoms with E-state index < -0.39 is 0 Å². The zero-order valence-corrected chi connectivity index (χ0v) is 9.29. The molecule has 1 aromatic carbocycles. The Labute approximate surface area is 94.0 Å². The van der Waals surface area contributed by atoms with Crippen LogP contribution in [0.3, 0.4) is 0 Å². The Bertz CT molecular complexity index is 381. The van der Waals surface area contributed by atoms with Crippen LogP contribution < -0.4 is 10.2 Å². The van der Waals surface area contributed by atoms with Crippen LogP contribution in [0.5, 0.6) is 0 Å². The molecule has 1 atom stereocenters. The molecule has 0 unspecified atom stereocenters. The third kappa shape index (κ3) is 2.13. The number of nitrogens with one attached hydrogen (secondary N) is 1. The minimum atomic E-state index is 0.150. The van der Waals surface area contributed by atoms with Crippen LogP contribution in [-0.4, -0.2) is 25.5 Å². The standard InChI is InChI=1S/C11H13ClN2O/c1-13-9-6-11(15)14(7-9)10-4-2-3-8(12)5-10/h2-5,9,13H,6-7H2,1H3/t9-/m0/s1. The van der Waals surface area contributed by atoms with Crippen molar-refractivity contribution in [3.05, 3.63) is 29.3 Å². The second-order valence-corrected chi connectivity index (χ2v) is 4.11. The van der Waals surface area contributed by atoms with Gasteiger partial charge < -0.3 is 10.2 Å². The highest BCUT2D eigenvalue weighted by atomic mass is 35.5. The van der Waals surface area contributed by atoms with Gasteiger partial charge in [-0.1, -0.05) is 17.7 Å². The Morgan fingerprint density at radius 3 is 2.93 bits per heavy atom. The van der Waals surface area contributed by atoms with Crippen molar-refractivity contribution in [2.45, 2.75) is 12.5 Å². The number of likely N-dealkylation sites (N-methyl/N-ethyl adjacent to an activating group) is 1. The molecule has 1 amide bonds. The van der Waals surface area contributed by atoms with Gasteiger partial charge >= 0.3 is 0 Å². The first kappa shape index (κ1) is 10.5. The molecule has 0 saturated carbocycles. The Balaban J connectivity index is 2.21. The zero-order valence-electron chi connectivity index (χ0n) is 8.53. The molecule has 1 aliphatic heterocycles. The Morgan fingerprint density at radius 2 is 2.33 bits per heavy atom. The van der Waals surface area contributed by atoms with E-state index in [2.05, 4.69) is 5.32 Å². The third-order valence-corrected chi connectivity index (χ3v) is 2.89. The minimum absolute atomic E-state index is 0.150. The smallest absolute Gasteiger partial charge is 0.228 e. The fourth-order valence-corrected chi connectivity index (χ4v) is 1.98. The molecule has 0 bridgehead atoms. The predicted octanol–water partition coefficient (Wildman–Crippen LogP) is 1.66. The highest BCUT2D eigenvalue weighted by molar-refractivity contribution is 6.30. The number of hydrogen-bond donors (Lipinski definition) is 1. The number of rotatable bonds is 2. The molecule has 1 N–H and O–H groups in total. The molecule has 0 spiro atoms. The van der Waals surface area contributed by atoms with E-state index in [-0.39, 0.29) is 11.9 Å². The molecule has 3 nitrogen and oxygen atoms in total. The van der Waals surface area contributed by atoms with E-state index in [9.17, 15) is 4.79 Å². The number of halogens is 1. The number of carbonyl (C=O) groups excluding carboxylic acids is 1. The van der Waals surface area contributed by atoms with Crippen molar-refractivity contribution in [2.75, 3.05) is 18.5 Å². The first-order valence-electron chi connectivity index (χ1n) is 4.94. The van der Waals surface area contributed by atoms with Gasteiger partial charge in [0.2, 0.25) is 5.91 Å². The maximum atomic E-state index is 11.7.